The Morgan fingerprint density at radius 3 is 2.31 bits per heavy atom. The smallest absolute Gasteiger partial charge is 0.0766 e. The highest BCUT2D eigenvalue weighted by Gasteiger charge is 2.29. The fourth-order valence-corrected chi connectivity index (χ4v) is 3.17. The highest BCUT2D eigenvalue weighted by atomic mass is 16.3. The van der Waals surface area contributed by atoms with E-state index in [-0.39, 0.29) is 17.9 Å². The highest BCUT2D eigenvalue weighted by molar-refractivity contribution is 5.30. The quantitative estimate of drug-likeness (QED) is 0.651. The molecule has 2 aromatic carbocycles. The van der Waals surface area contributed by atoms with Crippen LogP contribution in [0, 0.1) is 5.41 Å². The Kier molecular flexibility index (Phi) is 5.86. The molecule has 1 aromatic heterocycles. The lowest BCUT2D eigenvalue weighted by molar-refractivity contribution is 0.129. The summed E-state index contributed by atoms with van der Waals surface area (Å²) in [5.74, 6) is 0.227. The van der Waals surface area contributed by atoms with Gasteiger partial charge in [0.25, 0.3) is 0 Å². The van der Waals surface area contributed by atoms with E-state index in [9.17, 15) is 5.11 Å². The average Bonchev–Trinajstić information content (AvgIpc) is 3.15. The van der Waals surface area contributed by atoms with Gasteiger partial charge in [-0.1, -0.05) is 62.4 Å². The summed E-state index contributed by atoms with van der Waals surface area (Å²) in [6.07, 6.45) is 1.98. The van der Waals surface area contributed by atoms with Crippen molar-refractivity contribution >= 4 is 0 Å². The molecule has 1 atom stereocenters. The molecule has 0 fully saturated rings. The van der Waals surface area contributed by atoms with Crippen molar-refractivity contribution in [3.05, 3.63) is 84.2 Å². The van der Waals surface area contributed by atoms with E-state index < -0.39 is 0 Å². The van der Waals surface area contributed by atoms with E-state index in [0.29, 0.717) is 6.54 Å². The van der Waals surface area contributed by atoms with Crippen LogP contribution in [-0.2, 0) is 6.54 Å². The van der Waals surface area contributed by atoms with E-state index in [4.69, 9.17) is 0 Å². The monoisotopic (exact) mass is 349 g/mol. The van der Waals surface area contributed by atoms with E-state index in [2.05, 4.69) is 48.5 Å². The molecule has 0 spiro atoms. The van der Waals surface area contributed by atoms with Crippen LogP contribution in [0.25, 0.3) is 5.69 Å². The van der Waals surface area contributed by atoms with Crippen LogP contribution < -0.4 is 5.32 Å². The van der Waals surface area contributed by atoms with Crippen molar-refractivity contribution in [2.75, 3.05) is 13.2 Å². The largest absolute Gasteiger partial charge is 0.396 e. The Bertz CT molecular complexity index is 797. The van der Waals surface area contributed by atoms with Gasteiger partial charge in [-0.25, -0.2) is 4.68 Å². The summed E-state index contributed by atoms with van der Waals surface area (Å²) in [5.41, 5.74) is 3.11. The van der Waals surface area contributed by atoms with Crippen LogP contribution in [0.4, 0.5) is 0 Å². The summed E-state index contributed by atoms with van der Waals surface area (Å²) < 4.78 is 1.89. The van der Waals surface area contributed by atoms with Crippen LogP contribution >= 0.6 is 0 Å². The third-order valence-corrected chi connectivity index (χ3v) is 4.87. The average molecular weight is 349 g/mol. The van der Waals surface area contributed by atoms with Gasteiger partial charge in [-0.05, 0) is 29.2 Å². The third-order valence-electron chi connectivity index (χ3n) is 4.87. The molecule has 1 unspecified atom stereocenters. The molecule has 4 heteroatoms. The molecule has 2 N–H and O–H groups in total. The lowest BCUT2D eigenvalue weighted by atomic mass is 9.75. The Morgan fingerprint density at radius 2 is 1.65 bits per heavy atom. The van der Waals surface area contributed by atoms with Gasteiger partial charge in [0.1, 0.15) is 0 Å². The molecule has 0 aliphatic carbocycles. The molecule has 0 bridgehead atoms. The van der Waals surface area contributed by atoms with E-state index in [1.807, 2.05) is 53.3 Å². The molecular formula is C22H27N3O. The number of rotatable bonds is 8. The Morgan fingerprint density at radius 1 is 1.00 bits per heavy atom. The lowest BCUT2D eigenvalue weighted by Crippen LogP contribution is -2.34. The predicted octanol–water partition coefficient (Wildman–Crippen LogP) is 3.76. The number of para-hydroxylation sites is 1. The first-order valence-electron chi connectivity index (χ1n) is 9.06. The number of nitrogens with one attached hydrogen (secondary N) is 1. The molecule has 0 saturated heterocycles. The molecule has 136 valence electrons. The number of aliphatic hydroxyl groups excluding tert-OH is 1. The summed E-state index contributed by atoms with van der Waals surface area (Å²) in [5, 5.41) is 18.0. The van der Waals surface area contributed by atoms with Crippen LogP contribution in [0.5, 0.6) is 0 Å². The zero-order chi connectivity index (χ0) is 18.4. The molecular weight excluding hydrogens is 322 g/mol. The predicted molar refractivity (Wildman–Crippen MR) is 105 cm³/mol. The fraction of sp³-hybridized carbons (Fsp3) is 0.318. The summed E-state index contributed by atoms with van der Waals surface area (Å²) in [6.45, 7) is 5.85. The normalized spacial score (nSPS) is 12.9. The zero-order valence-corrected chi connectivity index (χ0v) is 15.5. The number of nitrogens with zero attached hydrogens (tertiary/aromatic N) is 2. The number of aromatic nitrogens is 2. The molecule has 0 aliphatic rings. The van der Waals surface area contributed by atoms with Gasteiger partial charge in [-0.3, -0.25) is 0 Å². The SMILES string of the molecule is CC(C)(CO)C(CNCc1ccn(-c2ccccc2)n1)c1ccccc1. The molecule has 1 heterocycles. The minimum Gasteiger partial charge on any atom is -0.396 e. The van der Waals surface area contributed by atoms with Crippen LogP contribution in [0.2, 0.25) is 0 Å². The first kappa shape index (κ1) is 18.4. The second-order valence-electron chi connectivity index (χ2n) is 7.33. The van der Waals surface area contributed by atoms with Crippen LogP contribution in [0.1, 0.15) is 31.0 Å². The maximum Gasteiger partial charge on any atom is 0.0766 e. The summed E-state index contributed by atoms with van der Waals surface area (Å²) >= 11 is 0. The maximum absolute atomic E-state index is 9.83. The minimum atomic E-state index is -0.197. The Labute approximate surface area is 155 Å². The standard InChI is InChI=1S/C22H27N3O/c1-22(2,17-26)21(18-9-5-3-6-10-18)16-23-15-19-13-14-25(24-19)20-11-7-4-8-12-20/h3-14,21,23,26H,15-17H2,1-2H3. The van der Waals surface area contributed by atoms with Gasteiger partial charge in [-0.2, -0.15) is 5.10 Å². The number of aliphatic hydroxyl groups is 1. The van der Waals surface area contributed by atoms with Gasteiger partial charge < -0.3 is 10.4 Å². The molecule has 3 rings (SSSR count). The summed E-state index contributed by atoms with van der Waals surface area (Å²) in [4.78, 5) is 0. The van der Waals surface area contributed by atoms with E-state index in [1.165, 1.54) is 5.56 Å². The second kappa shape index (κ2) is 8.30. The molecule has 0 saturated carbocycles. The molecule has 4 nitrogen and oxygen atoms in total. The number of hydrogen-bond acceptors (Lipinski definition) is 3. The van der Waals surface area contributed by atoms with Gasteiger partial charge >= 0.3 is 0 Å². The zero-order valence-electron chi connectivity index (χ0n) is 15.5. The lowest BCUT2D eigenvalue weighted by Gasteiger charge is -2.33. The molecule has 0 radical (unpaired) electrons. The summed E-state index contributed by atoms with van der Waals surface area (Å²) in [6, 6.07) is 22.5. The second-order valence-corrected chi connectivity index (χ2v) is 7.33. The molecule has 0 amide bonds. The number of benzene rings is 2. The van der Waals surface area contributed by atoms with Crippen LogP contribution in [0.15, 0.2) is 72.9 Å². The van der Waals surface area contributed by atoms with Crippen molar-refractivity contribution in [3.8, 4) is 5.69 Å². The Hall–Kier alpha value is -2.43. The van der Waals surface area contributed by atoms with E-state index in [1.54, 1.807) is 0 Å². The van der Waals surface area contributed by atoms with E-state index >= 15 is 0 Å². The first-order chi connectivity index (χ1) is 12.6. The van der Waals surface area contributed by atoms with Gasteiger partial charge in [0.05, 0.1) is 11.4 Å². The van der Waals surface area contributed by atoms with Gasteiger partial charge in [0.2, 0.25) is 0 Å². The van der Waals surface area contributed by atoms with Gasteiger partial charge in [0, 0.05) is 31.8 Å². The number of hydrogen-bond donors (Lipinski definition) is 2. The molecule has 0 aliphatic heterocycles. The van der Waals surface area contributed by atoms with Crippen LogP contribution in [0.3, 0.4) is 0 Å². The van der Waals surface area contributed by atoms with Gasteiger partial charge in [0.15, 0.2) is 0 Å². The minimum absolute atomic E-state index is 0.150. The summed E-state index contributed by atoms with van der Waals surface area (Å²) in [7, 11) is 0. The Balaban J connectivity index is 1.64. The first-order valence-corrected chi connectivity index (χ1v) is 9.06. The van der Waals surface area contributed by atoms with Crippen molar-refractivity contribution in [3.63, 3.8) is 0 Å². The maximum atomic E-state index is 9.83. The van der Waals surface area contributed by atoms with Crippen LogP contribution in [-0.4, -0.2) is 28.0 Å². The van der Waals surface area contributed by atoms with E-state index in [0.717, 1.165) is 17.9 Å². The highest BCUT2D eigenvalue weighted by Crippen LogP contribution is 2.34. The fourth-order valence-electron chi connectivity index (χ4n) is 3.17. The van der Waals surface area contributed by atoms with Gasteiger partial charge in [-0.15, -0.1) is 0 Å². The topological polar surface area (TPSA) is 50.1 Å². The third kappa shape index (κ3) is 4.40. The molecule has 26 heavy (non-hydrogen) atoms. The van der Waals surface area contributed by atoms with Crippen molar-refractivity contribution in [2.45, 2.75) is 26.3 Å². The van der Waals surface area contributed by atoms with Crippen molar-refractivity contribution in [2.24, 2.45) is 5.41 Å². The molecule has 3 aromatic rings. The van der Waals surface area contributed by atoms with Crippen molar-refractivity contribution < 1.29 is 5.11 Å². The van der Waals surface area contributed by atoms with Crippen molar-refractivity contribution in [1.82, 2.24) is 15.1 Å². The van der Waals surface area contributed by atoms with Crippen molar-refractivity contribution in [1.29, 1.82) is 0 Å².